The molecule has 5 nitrogen and oxygen atoms in total. The SMILES string of the molecule is CC.CC.COc1ccc(CC2SC(=O)NC2=O)c(OC)c1-c1ccc2c(c1)C(C)(C)CCC2(C)C. The number of imide groups is 1. The van der Waals surface area contributed by atoms with E-state index in [1.165, 1.54) is 11.1 Å². The molecular weight excluding hydrogens is 470 g/mol. The Hall–Kier alpha value is -2.47. The van der Waals surface area contributed by atoms with Crippen LogP contribution in [0.4, 0.5) is 4.79 Å². The van der Waals surface area contributed by atoms with Gasteiger partial charge in [0.1, 0.15) is 11.5 Å². The number of carbonyl (C=O) groups excluding carboxylic acids is 2. The van der Waals surface area contributed by atoms with Crippen molar-refractivity contribution in [2.24, 2.45) is 0 Å². The monoisotopic (exact) mass is 513 g/mol. The Bertz CT molecular complexity index is 1090. The summed E-state index contributed by atoms with van der Waals surface area (Å²) in [6.07, 6.45) is 2.70. The topological polar surface area (TPSA) is 64.6 Å². The second-order valence-electron chi connectivity index (χ2n) is 9.95. The van der Waals surface area contributed by atoms with Crippen molar-refractivity contribution >= 4 is 22.9 Å². The van der Waals surface area contributed by atoms with Crippen LogP contribution in [0, 0.1) is 0 Å². The largest absolute Gasteiger partial charge is 0.496 e. The molecule has 0 saturated carbocycles. The summed E-state index contributed by atoms with van der Waals surface area (Å²) in [6.45, 7) is 17.2. The Balaban J connectivity index is 0.00000109. The van der Waals surface area contributed by atoms with E-state index in [9.17, 15) is 9.59 Å². The van der Waals surface area contributed by atoms with Crippen LogP contribution in [-0.2, 0) is 22.0 Å². The summed E-state index contributed by atoms with van der Waals surface area (Å²) in [4.78, 5) is 23.8. The molecule has 4 rings (SSSR count). The van der Waals surface area contributed by atoms with Crippen molar-refractivity contribution in [1.82, 2.24) is 5.32 Å². The fourth-order valence-electron chi connectivity index (χ4n) is 4.92. The van der Waals surface area contributed by atoms with Gasteiger partial charge in [-0.15, -0.1) is 0 Å². The minimum absolute atomic E-state index is 0.0812. The number of thioether (sulfide) groups is 1. The van der Waals surface area contributed by atoms with Crippen LogP contribution >= 0.6 is 11.8 Å². The zero-order valence-corrected chi connectivity index (χ0v) is 24.4. The Morgan fingerprint density at radius 2 is 1.50 bits per heavy atom. The molecule has 1 aliphatic heterocycles. The summed E-state index contributed by atoms with van der Waals surface area (Å²) < 4.78 is 11.6. The molecular formula is C30H43NO4S. The highest BCUT2D eigenvalue weighted by molar-refractivity contribution is 8.15. The first kappa shape index (κ1) is 29.8. The second kappa shape index (κ2) is 12.2. The molecule has 1 atom stereocenters. The highest BCUT2D eigenvalue weighted by Gasteiger charge is 2.37. The van der Waals surface area contributed by atoms with Crippen molar-refractivity contribution < 1.29 is 19.1 Å². The number of hydrogen-bond donors (Lipinski definition) is 1. The number of fused-ring (bicyclic) bond motifs is 1. The molecule has 0 bridgehead atoms. The maximum atomic E-state index is 12.1. The Morgan fingerprint density at radius 3 is 2.03 bits per heavy atom. The second-order valence-corrected chi connectivity index (χ2v) is 11.1. The van der Waals surface area contributed by atoms with Gasteiger partial charge in [0.25, 0.3) is 5.24 Å². The van der Waals surface area contributed by atoms with Gasteiger partial charge < -0.3 is 9.47 Å². The molecule has 1 N–H and O–H groups in total. The van der Waals surface area contributed by atoms with Crippen LogP contribution < -0.4 is 14.8 Å². The summed E-state index contributed by atoms with van der Waals surface area (Å²) in [6, 6.07) is 10.5. The molecule has 1 saturated heterocycles. The first-order valence-corrected chi connectivity index (χ1v) is 13.9. The van der Waals surface area contributed by atoms with Crippen molar-refractivity contribution in [2.75, 3.05) is 14.2 Å². The van der Waals surface area contributed by atoms with Gasteiger partial charge in [0.15, 0.2) is 0 Å². The lowest BCUT2D eigenvalue weighted by Crippen LogP contribution is -2.33. The molecule has 1 unspecified atom stereocenters. The van der Waals surface area contributed by atoms with Crippen LogP contribution in [0.1, 0.15) is 84.9 Å². The molecule has 1 aliphatic carbocycles. The molecule has 0 aromatic heterocycles. The van der Waals surface area contributed by atoms with Crippen molar-refractivity contribution in [3.8, 4) is 22.6 Å². The quantitative estimate of drug-likeness (QED) is 0.444. The van der Waals surface area contributed by atoms with Gasteiger partial charge in [-0.3, -0.25) is 14.9 Å². The van der Waals surface area contributed by atoms with E-state index in [1.807, 2.05) is 39.8 Å². The fraction of sp³-hybridized carbons (Fsp3) is 0.533. The summed E-state index contributed by atoms with van der Waals surface area (Å²) in [5.74, 6) is 1.15. The van der Waals surface area contributed by atoms with Gasteiger partial charge in [-0.05, 0) is 58.4 Å². The number of methoxy groups -OCH3 is 2. The van der Waals surface area contributed by atoms with E-state index in [2.05, 4.69) is 51.2 Å². The minimum atomic E-state index is -0.457. The van der Waals surface area contributed by atoms with Gasteiger partial charge in [0, 0.05) is 0 Å². The highest BCUT2D eigenvalue weighted by Crippen LogP contribution is 2.49. The molecule has 2 aliphatic rings. The zero-order chi connectivity index (χ0) is 27.3. The third-order valence-electron chi connectivity index (χ3n) is 6.94. The third-order valence-corrected chi connectivity index (χ3v) is 7.92. The smallest absolute Gasteiger partial charge is 0.286 e. The molecule has 1 fully saturated rings. The predicted octanol–water partition coefficient (Wildman–Crippen LogP) is 7.67. The van der Waals surface area contributed by atoms with Gasteiger partial charge in [-0.2, -0.15) is 0 Å². The molecule has 36 heavy (non-hydrogen) atoms. The normalized spacial score (nSPS) is 19.1. The first-order chi connectivity index (χ1) is 17.1. The van der Waals surface area contributed by atoms with E-state index in [4.69, 9.17) is 9.47 Å². The number of nitrogens with one attached hydrogen (secondary N) is 1. The van der Waals surface area contributed by atoms with Crippen LogP contribution in [0.5, 0.6) is 11.5 Å². The third kappa shape index (κ3) is 5.91. The van der Waals surface area contributed by atoms with Gasteiger partial charge in [-0.1, -0.05) is 91.4 Å². The average Bonchev–Trinajstić information content (AvgIpc) is 3.20. The lowest BCUT2D eigenvalue weighted by molar-refractivity contribution is -0.118. The van der Waals surface area contributed by atoms with Crippen molar-refractivity contribution in [3.05, 3.63) is 47.0 Å². The Labute approximate surface area is 221 Å². The van der Waals surface area contributed by atoms with Gasteiger partial charge >= 0.3 is 0 Å². The molecule has 2 aromatic carbocycles. The van der Waals surface area contributed by atoms with Gasteiger partial charge in [0.05, 0.1) is 25.0 Å². The van der Waals surface area contributed by atoms with Crippen LogP contribution in [0.3, 0.4) is 0 Å². The van der Waals surface area contributed by atoms with Crippen LogP contribution in [-0.4, -0.2) is 30.6 Å². The fourth-order valence-corrected chi connectivity index (χ4v) is 5.76. The molecule has 2 amide bonds. The number of hydrogen-bond acceptors (Lipinski definition) is 5. The van der Waals surface area contributed by atoms with E-state index in [0.717, 1.165) is 47.0 Å². The van der Waals surface area contributed by atoms with E-state index in [0.29, 0.717) is 12.2 Å². The lowest BCUT2D eigenvalue weighted by atomic mass is 9.63. The average molecular weight is 514 g/mol. The summed E-state index contributed by atoms with van der Waals surface area (Å²) in [5, 5.41) is 1.61. The van der Waals surface area contributed by atoms with E-state index < -0.39 is 5.25 Å². The van der Waals surface area contributed by atoms with Crippen LogP contribution in [0.2, 0.25) is 0 Å². The predicted molar refractivity (Wildman–Crippen MR) is 152 cm³/mol. The van der Waals surface area contributed by atoms with Crippen LogP contribution in [0.25, 0.3) is 11.1 Å². The summed E-state index contributed by atoms with van der Waals surface area (Å²) in [7, 11) is 3.29. The number of benzene rings is 2. The van der Waals surface area contributed by atoms with Crippen molar-refractivity contribution in [3.63, 3.8) is 0 Å². The van der Waals surface area contributed by atoms with Crippen molar-refractivity contribution in [2.45, 2.75) is 90.7 Å². The molecule has 0 spiro atoms. The molecule has 198 valence electrons. The number of rotatable bonds is 5. The zero-order valence-electron chi connectivity index (χ0n) is 23.6. The number of carbonyl (C=O) groups is 2. The molecule has 2 aromatic rings. The van der Waals surface area contributed by atoms with Gasteiger partial charge in [0.2, 0.25) is 5.91 Å². The van der Waals surface area contributed by atoms with E-state index in [1.54, 1.807) is 14.2 Å². The number of ether oxygens (including phenoxy) is 2. The first-order valence-electron chi connectivity index (χ1n) is 13.0. The maximum absolute atomic E-state index is 12.1. The maximum Gasteiger partial charge on any atom is 0.286 e. The minimum Gasteiger partial charge on any atom is -0.496 e. The van der Waals surface area contributed by atoms with E-state index in [-0.39, 0.29) is 22.0 Å². The number of amides is 2. The van der Waals surface area contributed by atoms with E-state index >= 15 is 0 Å². The highest BCUT2D eigenvalue weighted by atomic mass is 32.2. The summed E-state index contributed by atoms with van der Waals surface area (Å²) >= 11 is 1.03. The van der Waals surface area contributed by atoms with Crippen LogP contribution in [0.15, 0.2) is 30.3 Å². The molecule has 0 radical (unpaired) electrons. The van der Waals surface area contributed by atoms with Gasteiger partial charge in [-0.25, -0.2) is 0 Å². The molecule has 1 heterocycles. The summed E-state index contributed by atoms with van der Waals surface area (Å²) in [5.41, 5.74) is 5.76. The molecule has 6 heteroatoms. The Morgan fingerprint density at radius 1 is 0.889 bits per heavy atom. The lowest BCUT2D eigenvalue weighted by Gasteiger charge is -2.42. The standard InChI is InChI=1S/C26H31NO4S.2C2H6/c1-25(2)11-12-26(3,4)18-13-15(7-9-17(18)25)21-19(30-5)10-8-16(22(21)31-6)14-20-23(28)27-24(29)32-20;2*1-2/h7-10,13,20H,11-12,14H2,1-6H3,(H,27,28,29);2*1-2H3. The van der Waals surface area contributed by atoms with Crippen molar-refractivity contribution in [1.29, 1.82) is 0 Å². The Kier molecular flexibility index (Phi) is 10.1.